The molecule has 0 atom stereocenters. The Kier molecular flexibility index (Phi) is 37.5. The molecule has 3 N–H and O–H groups in total. The van der Waals surface area contributed by atoms with Gasteiger partial charge in [-0.25, -0.2) is 9.59 Å². The van der Waals surface area contributed by atoms with Crippen LogP contribution >= 0.6 is 0 Å². The standard InChI is InChI=1S/C12H26O.C10H12O3.C8H8O3.2Na.H2O4S/c1-2-3-4-5-6-7-8-9-10-11-12-13;1-2-7-13-10(12)8-3-5-9(11)6-4-8;1-11-8(10)6-2-4-7(9)5-3-6;;;1-5(2,3)4/h13H,2-12H2,1H3;3-6,11H,2,7H2,1H3;2-5,9H,1H3;;;(H2,1,2,3,4)/q;;;2*+1;/p-2. The largest absolute Gasteiger partial charge is 1.00 e. The molecule has 0 bridgehead atoms. The topological polar surface area (TPSA) is 194 Å². The molecule has 0 amide bonds. The maximum absolute atomic E-state index is 11.2. The number of aliphatic hydroxyl groups excluding tert-OH is 1. The summed E-state index contributed by atoms with van der Waals surface area (Å²) in [6.07, 6.45) is 14.1. The SMILES string of the molecule is CCCCCCCCCCCCO.CCCOC(=O)c1ccc(O)cc1.COC(=O)c1ccc(O)cc1.O=S(=O)([O-])[O-].[Na+].[Na+]. The first-order chi connectivity index (χ1) is 19.9. The van der Waals surface area contributed by atoms with Crippen LogP contribution in [-0.2, 0) is 19.9 Å². The van der Waals surface area contributed by atoms with E-state index in [0.29, 0.717) is 24.3 Å². The average molecular weight is 661 g/mol. The van der Waals surface area contributed by atoms with Crippen LogP contribution in [0, 0.1) is 0 Å². The van der Waals surface area contributed by atoms with Gasteiger partial charge in [-0.3, -0.25) is 8.42 Å². The number of carbonyl (C=O) groups is 2. The number of aliphatic hydroxyl groups is 1. The summed E-state index contributed by atoms with van der Waals surface area (Å²) in [4.78, 5) is 22.0. The van der Waals surface area contributed by atoms with Crippen molar-refractivity contribution in [2.24, 2.45) is 0 Å². The van der Waals surface area contributed by atoms with Gasteiger partial charge in [0.2, 0.25) is 0 Å². The number of esters is 2. The first kappa shape index (κ1) is 49.7. The van der Waals surface area contributed by atoms with E-state index in [-0.39, 0.29) is 76.6 Å². The molecular formula is C30H46Na2O11S. The number of phenols is 2. The smallest absolute Gasteiger partial charge is 0.759 e. The summed E-state index contributed by atoms with van der Waals surface area (Å²) in [7, 11) is -3.85. The Labute approximate surface area is 306 Å². The van der Waals surface area contributed by atoms with E-state index in [4.69, 9.17) is 37.6 Å². The zero-order valence-electron chi connectivity index (χ0n) is 26.8. The minimum absolute atomic E-state index is 0. The van der Waals surface area contributed by atoms with Crippen molar-refractivity contribution in [1.29, 1.82) is 0 Å². The van der Waals surface area contributed by atoms with Crippen molar-refractivity contribution < 1.29 is 111 Å². The zero-order valence-corrected chi connectivity index (χ0v) is 31.6. The number of carbonyl (C=O) groups excluding carboxylic acids is 2. The molecule has 0 aliphatic heterocycles. The molecule has 2 rings (SSSR count). The predicted molar refractivity (Wildman–Crippen MR) is 158 cm³/mol. The van der Waals surface area contributed by atoms with E-state index in [2.05, 4.69) is 11.7 Å². The molecule has 2 aromatic carbocycles. The number of aromatic hydroxyl groups is 2. The van der Waals surface area contributed by atoms with Gasteiger partial charge in [-0.15, -0.1) is 0 Å². The van der Waals surface area contributed by atoms with Crippen molar-refractivity contribution in [3.63, 3.8) is 0 Å². The van der Waals surface area contributed by atoms with E-state index in [0.717, 1.165) is 12.8 Å². The number of rotatable bonds is 14. The Bertz CT molecular complexity index is 1030. The van der Waals surface area contributed by atoms with Gasteiger partial charge < -0.3 is 33.9 Å². The molecule has 44 heavy (non-hydrogen) atoms. The van der Waals surface area contributed by atoms with Gasteiger partial charge in [0.05, 0.1) is 24.8 Å². The fraction of sp³-hybridized carbons (Fsp3) is 0.533. The van der Waals surface area contributed by atoms with Gasteiger partial charge in [0.15, 0.2) is 0 Å². The van der Waals surface area contributed by atoms with Crippen LogP contribution in [0.2, 0.25) is 0 Å². The number of benzene rings is 2. The second-order valence-corrected chi connectivity index (χ2v) is 9.85. The van der Waals surface area contributed by atoms with Crippen LogP contribution in [0.1, 0.15) is 105 Å². The van der Waals surface area contributed by atoms with Crippen LogP contribution < -0.4 is 59.1 Å². The second kappa shape index (κ2) is 33.2. The van der Waals surface area contributed by atoms with Crippen LogP contribution in [0.15, 0.2) is 48.5 Å². The molecule has 0 aliphatic rings. The van der Waals surface area contributed by atoms with Crippen LogP contribution in [-0.4, -0.2) is 65.1 Å². The fourth-order valence-corrected chi connectivity index (χ4v) is 3.19. The van der Waals surface area contributed by atoms with E-state index < -0.39 is 16.4 Å². The third-order valence-electron chi connectivity index (χ3n) is 5.34. The van der Waals surface area contributed by atoms with Crippen molar-refractivity contribution in [3.8, 4) is 11.5 Å². The third kappa shape index (κ3) is 35.3. The Morgan fingerprint density at radius 3 is 1.32 bits per heavy atom. The second-order valence-electron chi connectivity index (χ2n) is 9.04. The summed E-state index contributed by atoms with van der Waals surface area (Å²) in [5.41, 5.74) is 0.900. The van der Waals surface area contributed by atoms with Gasteiger partial charge in [0, 0.05) is 17.0 Å². The van der Waals surface area contributed by atoms with E-state index in [1.54, 1.807) is 0 Å². The van der Waals surface area contributed by atoms with E-state index >= 15 is 0 Å². The summed E-state index contributed by atoms with van der Waals surface area (Å²) < 4.78 is 43.4. The Morgan fingerprint density at radius 1 is 0.659 bits per heavy atom. The molecular weight excluding hydrogens is 614 g/mol. The quantitative estimate of drug-likeness (QED) is 0.0793. The summed E-state index contributed by atoms with van der Waals surface area (Å²) in [5, 5.41) is 26.4. The maximum atomic E-state index is 11.2. The summed E-state index contributed by atoms with van der Waals surface area (Å²) >= 11 is 0. The van der Waals surface area contributed by atoms with Crippen molar-refractivity contribution in [2.75, 3.05) is 20.3 Å². The third-order valence-corrected chi connectivity index (χ3v) is 5.34. The molecule has 0 fully saturated rings. The number of phenolic OH excluding ortho intramolecular Hbond substituents is 2. The molecule has 11 nitrogen and oxygen atoms in total. The molecule has 0 unspecified atom stereocenters. The van der Waals surface area contributed by atoms with E-state index in [1.165, 1.54) is 113 Å². The molecule has 0 aliphatic carbocycles. The fourth-order valence-electron chi connectivity index (χ4n) is 3.19. The monoisotopic (exact) mass is 660 g/mol. The van der Waals surface area contributed by atoms with Crippen LogP contribution in [0.4, 0.5) is 0 Å². The van der Waals surface area contributed by atoms with E-state index in [1.807, 2.05) is 6.92 Å². The summed E-state index contributed by atoms with van der Waals surface area (Å²) in [6, 6.07) is 11.9. The molecule has 0 heterocycles. The Balaban J connectivity index is -0.000000248. The molecule has 14 heteroatoms. The maximum Gasteiger partial charge on any atom is 1.00 e. The minimum atomic E-state index is -5.17. The predicted octanol–water partition coefficient (Wildman–Crippen LogP) is -0.293. The molecule has 0 saturated heterocycles. The Hall–Kier alpha value is -1.19. The minimum Gasteiger partial charge on any atom is -0.759 e. The number of hydrogen-bond donors (Lipinski definition) is 3. The average Bonchev–Trinajstić information content (AvgIpc) is 2.95. The van der Waals surface area contributed by atoms with Crippen molar-refractivity contribution in [1.82, 2.24) is 0 Å². The van der Waals surface area contributed by atoms with Crippen LogP contribution in [0.25, 0.3) is 0 Å². The zero-order chi connectivity index (χ0) is 32.2. The van der Waals surface area contributed by atoms with Crippen molar-refractivity contribution >= 4 is 22.3 Å². The number of unbranched alkanes of at least 4 members (excludes halogenated alkanes) is 9. The molecule has 0 radical (unpaired) electrons. The van der Waals surface area contributed by atoms with E-state index in [9.17, 15) is 9.59 Å². The first-order valence-corrected chi connectivity index (χ1v) is 15.3. The Morgan fingerprint density at radius 2 is 1.00 bits per heavy atom. The van der Waals surface area contributed by atoms with Crippen molar-refractivity contribution in [2.45, 2.75) is 84.5 Å². The number of hydrogen-bond acceptors (Lipinski definition) is 11. The van der Waals surface area contributed by atoms with Crippen LogP contribution in [0.5, 0.6) is 11.5 Å². The van der Waals surface area contributed by atoms with Gasteiger partial charge in [-0.1, -0.05) is 71.6 Å². The normalized spacial score (nSPS) is 9.59. The summed E-state index contributed by atoms with van der Waals surface area (Å²) in [6.45, 7) is 5.00. The number of ether oxygens (including phenoxy) is 2. The summed E-state index contributed by atoms with van der Waals surface area (Å²) in [5.74, 6) is -0.462. The molecule has 0 aromatic heterocycles. The van der Waals surface area contributed by atoms with Gasteiger partial charge in [0.25, 0.3) is 0 Å². The van der Waals surface area contributed by atoms with Crippen LogP contribution in [0.3, 0.4) is 0 Å². The van der Waals surface area contributed by atoms with Gasteiger partial charge in [0.1, 0.15) is 11.5 Å². The first-order valence-electron chi connectivity index (χ1n) is 14.0. The molecule has 0 saturated carbocycles. The molecule has 0 spiro atoms. The van der Waals surface area contributed by atoms with Crippen molar-refractivity contribution in [3.05, 3.63) is 59.7 Å². The van der Waals surface area contributed by atoms with Gasteiger partial charge >= 0.3 is 71.1 Å². The molecule has 2 aromatic rings. The number of methoxy groups -OCH3 is 1. The van der Waals surface area contributed by atoms with Gasteiger partial charge in [-0.05, 0) is 61.4 Å². The molecule has 240 valence electrons. The van der Waals surface area contributed by atoms with Gasteiger partial charge in [-0.2, -0.15) is 0 Å².